The Morgan fingerprint density at radius 2 is 1.85 bits per heavy atom. The number of aryl methyl sites for hydroxylation is 1. The van der Waals surface area contributed by atoms with Crippen LogP contribution in [-0.4, -0.2) is 18.3 Å². The summed E-state index contributed by atoms with van der Waals surface area (Å²) < 4.78 is 15.6. The number of para-hydroxylation sites is 1. The fourth-order valence-electron chi connectivity index (χ4n) is 5.29. The zero-order valence-electron chi connectivity index (χ0n) is 21.1. The molecule has 1 aliphatic heterocycles. The highest BCUT2D eigenvalue weighted by Gasteiger charge is 2.34. The zero-order chi connectivity index (χ0) is 27.1. The van der Waals surface area contributed by atoms with Crippen LogP contribution in [0.2, 0.25) is 0 Å². The molecule has 1 aliphatic carbocycles. The first-order chi connectivity index (χ1) is 19.0. The molecule has 0 radical (unpaired) electrons. The number of thiazole rings is 1. The molecular weight excluding hydrogens is 640 g/mol. The Balaban J connectivity index is 1.57. The minimum Gasteiger partial charge on any atom is -0.496 e. The third-order valence-electron chi connectivity index (χ3n) is 6.97. The molecule has 5 nitrogen and oxygen atoms in total. The Labute approximate surface area is 246 Å². The molecule has 0 unspecified atom stereocenters. The van der Waals surface area contributed by atoms with Gasteiger partial charge in [-0.2, -0.15) is 0 Å². The maximum absolute atomic E-state index is 14.1. The van der Waals surface area contributed by atoms with Crippen LogP contribution in [0.25, 0.3) is 11.8 Å². The van der Waals surface area contributed by atoms with E-state index < -0.39 is 0 Å². The van der Waals surface area contributed by atoms with Crippen molar-refractivity contribution in [3.63, 3.8) is 0 Å². The SMILES string of the molecule is C=CCOc1c(Br)cc(/C=c2/sc3n(c2=O)[C@H](c2ccccc2OC)C2=C(N=3)c3ccccc3CC2)cc1Br. The lowest BCUT2D eigenvalue weighted by molar-refractivity contribution is 0.358. The summed E-state index contributed by atoms with van der Waals surface area (Å²) in [6.45, 7) is 4.11. The molecule has 39 heavy (non-hydrogen) atoms. The third-order valence-corrected chi connectivity index (χ3v) is 9.13. The number of hydrogen-bond acceptors (Lipinski definition) is 5. The molecule has 4 aromatic rings. The lowest BCUT2D eigenvalue weighted by atomic mass is 9.83. The predicted octanol–water partition coefficient (Wildman–Crippen LogP) is 6.42. The number of benzene rings is 3. The van der Waals surface area contributed by atoms with E-state index in [-0.39, 0.29) is 11.6 Å². The number of fused-ring (bicyclic) bond motifs is 3. The maximum Gasteiger partial charge on any atom is 0.271 e. The van der Waals surface area contributed by atoms with Crippen molar-refractivity contribution >= 4 is 55.0 Å². The van der Waals surface area contributed by atoms with E-state index in [0.717, 1.165) is 55.5 Å². The number of rotatable bonds is 6. The van der Waals surface area contributed by atoms with Gasteiger partial charge in [0.05, 0.1) is 32.3 Å². The van der Waals surface area contributed by atoms with E-state index in [1.54, 1.807) is 13.2 Å². The van der Waals surface area contributed by atoms with Gasteiger partial charge in [0, 0.05) is 11.1 Å². The van der Waals surface area contributed by atoms with Crippen LogP contribution in [0, 0.1) is 0 Å². The van der Waals surface area contributed by atoms with E-state index >= 15 is 0 Å². The van der Waals surface area contributed by atoms with E-state index in [2.05, 4.69) is 62.7 Å². The molecule has 0 bridgehead atoms. The van der Waals surface area contributed by atoms with Gasteiger partial charge >= 0.3 is 0 Å². The van der Waals surface area contributed by atoms with Gasteiger partial charge in [0.2, 0.25) is 0 Å². The average molecular weight is 664 g/mol. The smallest absolute Gasteiger partial charge is 0.271 e. The molecule has 3 aromatic carbocycles. The third kappa shape index (κ3) is 4.64. The molecule has 0 saturated heterocycles. The second-order valence-corrected chi connectivity index (χ2v) is 12.0. The molecule has 6 rings (SSSR count). The molecule has 1 aromatic heterocycles. The predicted molar refractivity (Wildman–Crippen MR) is 163 cm³/mol. The normalized spacial score (nSPS) is 16.2. The minimum absolute atomic E-state index is 0.0701. The van der Waals surface area contributed by atoms with E-state index in [4.69, 9.17) is 14.5 Å². The zero-order valence-corrected chi connectivity index (χ0v) is 25.1. The molecule has 0 spiro atoms. The van der Waals surface area contributed by atoms with Crippen LogP contribution < -0.4 is 24.4 Å². The Morgan fingerprint density at radius 3 is 2.62 bits per heavy atom. The maximum atomic E-state index is 14.1. The van der Waals surface area contributed by atoms with E-state index in [0.29, 0.717) is 21.7 Å². The Kier molecular flexibility index (Phi) is 7.18. The largest absolute Gasteiger partial charge is 0.496 e. The standard InChI is InChI=1S/C31H24Br2N2O3S/c1-3-14-38-29-23(32)15-18(16-24(29)33)17-26-30(36)35-28(21-10-6-7-11-25(21)37-2)22-13-12-19-8-4-5-9-20(19)27(22)34-31(35)39-26/h3-11,15-17,28H,1,12-14H2,2H3/b26-17+/t28-/m1/s1. The van der Waals surface area contributed by atoms with Crippen LogP contribution in [0.15, 0.2) is 97.6 Å². The van der Waals surface area contributed by atoms with Crippen LogP contribution in [0.4, 0.5) is 0 Å². The van der Waals surface area contributed by atoms with Crippen LogP contribution in [0.1, 0.15) is 34.7 Å². The molecule has 0 N–H and O–H groups in total. The molecule has 2 aliphatic rings. The van der Waals surface area contributed by atoms with Crippen molar-refractivity contribution in [2.24, 2.45) is 4.99 Å². The van der Waals surface area contributed by atoms with Gasteiger partial charge in [0.25, 0.3) is 5.56 Å². The number of halogens is 2. The highest BCUT2D eigenvalue weighted by Crippen LogP contribution is 2.43. The molecule has 196 valence electrons. The molecule has 1 atom stereocenters. The van der Waals surface area contributed by atoms with Crippen molar-refractivity contribution < 1.29 is 9.47 Å². The minimum atomic E-state index is -0.295. The van der Waals surface area contributed by atoms with Gasteiger partial charge in [-0.05, 0) is 85.7 Å². The first-order valence-electron chi connectivity index (χ1n) is 12.5. The summed E-state index contributed by atoms with van der Waals surface area (Å²) in [7, 11) is 1.67. The van der Waals surface area contributed by atoms with Gasteiger partial charge in [-0.1, -0.05) is 66.5 Å². The summed E-state index contributed by atoms with van der Waals surface area (Å²) in [5.74, 6) is 1.45. The van der Waals surface area contributed by atoms with Crippen LogP contribution >= 0.6 is 43.2 Å². The summed E-state index contributed by atoms with van der Waals surface area (Å²) in [6.07, 6.45) is 5.34. The Bertz CT molecular complexity index is 1810. The second kappa shape index (κ2) is 10.8. The van der Waals surface area contributed by atoms with Crippen LogP contribution in [0.5, 0.6) is 11.5 Å². The van der Waals surface area contributed by atoms with Gasteiger partial charge < -0.3 is 9.47 Å². The summed E-state index contributed by atoms with van der Waals surface area (Å²) in [6, 6.07) is 20.0. The molecule has 8 heteroatoms. The topological polar surface area (TPSA) is 52.8 Å². The lowest BCUT2D eigenvalue weighted by Crippen LogP contribution is -2.39. The summed E-state index contributed by atoms with van der Waals surface area (Å²) in [4.78, 5) is 19.8. The number of ether oxygens (including phenoxy) is 2. The van der Waals surface area contributed by atoms with Crippen molar-refractivity contribution in [1.82, 2.24) is 4.57 Å². The van der Waals surface area contributed by atoms with Gasteiger partial charge in [-0.3, -0.25) is 9.36 Å². The van der Waals surface area contributed by atoms with Gasteiger partial charge in [-0.15, -0.1) is 0 Å². The number of nitrogens with zero attached hydrogens (tertiary/aromatic N) is 2. The van der Waals surface area contributed by atoms with Crippen molar-refractivity contribution in [3.05, 3.63) is 130 Å². The van der Waals surface area contributed by atoms with Gasteiger partial charge in [0.1, 0.15) is 18.1 Å². The lowest BCUT2D eigenvalue weighted by Gasteiger charge is -2.31. The summed E-state index contributed by atoms with van der Waals surface area (Å²) in [5, 5.41) is 0. The van der Waals surface area contributed by atoms with Gasteiger partial charge in [0.15, 0.2) is 4.80 Å². The monoisotopic (exact) mass is 662 g/mol. The van der Waals surface area contributed by atoms with Crippen LogP contribution in [0.3, 0.4) is 0 Å². The molecule has 0 amide bonds. The summed E-state index contributed by atoms with van der Waals surface area (Å²) >= 11 is 8.61. The number of hydrogen-bond donors (Lipinski definition) is 0. The van der Waals surface area contributed by atoms with Gasteiger partial charge in [-0.25, -0.2) is 4.99 Å². The van der Waals surface area contributed by atoms with Crippen molar-refractivity contribution in [2.75, 3.05) is 13.7 Å². The number of methoxy groups -OCH3 is 1. The Morgan fingerprint density at radius 1 is 1.10 bits per heavy atom. The second-order valence-electron chi connectivity index (χ2n) is 9.27. The molecule has 0 fully saturated rings. The van der Waals surface area contributed by atoms with Crippen molar-refractivity contribution in [1.29, 1.82) is 0 Å². The van der Waals surface area contributed by atoms with E-state index in [9.17, 15) is 4.79 Å². The van der Waals surface area contributed by atoms with Crippen molar-refractivity contribution in [2.45, 2.75) is 18.9 Å². The van der Waals surface area contributed by atoms with Crippen molar-refractivity contribution in [3.8, 4) is 11.5 Å². The molecule has 2 heterocycles. The Hall–Kier alpha value is -3.20. The molecule has 0 saturated carbocycles. The molecular formula is C31H24Br2N2O3S. The van der Waals surface area contributed by atoms with Crippen LogP contribution in [-0.2, 0) is 6.42 Å². The highest BCUT2D eigenvalue weighted by atomic mass is 79.9. The van der Waals surface area contributed by atoms with E-state index in [1.807, 2.05) is 47.0 Å². The average Bonchev–Trinajstić information content (AvgIpc) is 3.25. The fraction of sp³-hybridized carbons (Fsp3) is 0.161. The first kappa shape index (κ1) is 26.0. The van der Waals surface area contributed by atoms with E-state index in [1.165, 1.54) is 16.9 Å². The fourth-order valence-corrected chi connectivity index (χ4v) is 7.74. The number of allylic oxidation sites excluding steroid dienone is 1. The first-order valence-corrected chi connectivity index (χ1v) is 14.9. The summed E-state index contributed by atoms with van der Waals surface area (Å²) in [5.41, 5.74) is 6.29. The quantitative estimate of drug-likeness (QED) is 0.224. The number of aromatic nitrogens is 1. The highest BCUT2D eigenvalue weighted by molar-refractivity contribution is 9.11.